The predicted molar refractivity (Wildman–Crippen MR) is 113 cm³/mol. The number of nitro groups is 1. The first-order valence-electron chi connectivity index (χ1n) is 9.47. The van der Waals surface area contributed by atoms with Crippen LogP contribution in [-0.4, -0.2) is 34.2 Å². The minimum Gasteiger partial charge on any atom is -0.490 e. The molecule has 0 atom stereocenters. The number of carbonyl (C=O) groups excluding carboxylic acids is 1. The van der Waals surface area contributed by atoms with Gasteiger partial charge in [-0.05, 0) is 43.7 Å². The molecule has 0 aliphatic carbocycles. The number of aromatic nitrogens is 2. The molecule has 0 fully saturated rings. The summed E-state index contributed by atoms with van der Waals surface area (Å²) in [5.74, 6) is 0.823. The number of nitrogens with zero attached hydrogens (tertiary/aromatic N) is 3. The number of hydrogen-bond acceptors (Lipinski definition) is 8. The highest BCUT2D eigenvalue weighted by Crippen LogP contribution is 2.32. The second-order valence-electron chi connectivity index (χ2n) is 6.11. The van der Waals surface area contributed by atoms with Crippen molar-refractivity contribution < 1.29 is 23.6 Å². The first-order chi connectivity index (χ1) is 15.0. The van der Waals surface area contributed by atoms with Gasteiger partial charge in [0.25, 0.3) is 11.6 Å². The van der Waals surface area contributed by atoms with E-state index in [4.69, 9.17) is 13.9 Å². The van der Waals surface area contributed by atoms with E-state index in [-0.39, 0.29) is 17.6 Å². The lowest BCUT2D eigenvalue weighted by Crippen LogP contribution is -2.07. The first kappa shape index (κ1) is 21.5. The Bertz CT molecular complexity index is 1110. The van der Waals surface area contributed by atoms with Gasteiger partial charge in [-0.15, -0.1) is 5.10 Å². The van der Waals surface area contributed by atoms with Crippen molar-refractivity contribution in [3.63, 3.8) is 0 Å². The molecule has 0 saturated carbocycles. The van der Waals surface area contributed by atoms with Gasteiger partial charge < -0.3 is 13.9 Å². The van der Waals surface area contributed by atoms with E-state index in [1.165, 1.54) is 30.4 Å². The van der Waals surface area contributed by atoms with Crippen LogP contribution in [0.1, 0.15) is 19.4 Å². The molecule has 0 aliphatic heterocycles. The molecule has 0 bridgehead atoms. The zero-order valence-electron chi connectivity index (χ0n) is 16.9. The van der Waals surface area contributed by atoms with Crippen LogP contribution in [0.25, 0.3) is 17.5 Å². The normalized spacial score (nSPS) is 10.8. The largest absolute Gasteiger partial charge is 0.490 e. The third kappa shape index (κ3) is 5.66. The Hall–Kier alpha value is -4.21. The van der Waals surface area contributed by atoms with Crippen molar-refractivity contribution in [2.75, 3.05) is 18.5 Å². The van der Waals surface area contributed by atoms with Crippen molar-refractivity contribution in [3.8, 4) is 23.0 Å². The predicted octanol–water partition coefficient (Wildman–Crippen LogP) is 4.09. The van der Waals surface area contributed by atoms with Gasteiger partial charge in [0.1, 0.15) is 0 Å². The highest BCUT2D eigenvalue weighted by atomic mass is 16.6. The molecule has 1 N–H and O–H groups in total. The fraction of sp³-hybridized carbons (Fsp3) is 0.190. The highest BCUT2D eigenvalue weighted by molar-refractivity contribution is 6.00. The van der Waals surface area contributed by atoms with Crippen LogP contribution >= 0.6 is 0 Å². The number of amides is 1. The van der Waals surface area contributed by atoms with E-state index < -0.39 is 10.8 Å². The van der Waals surface area contributed by atoms with Gasteiger partial charge in [0, 0.05) is 23.8 Å². The molecule has 160 valence electrons. The summed E-state index contributed by atoms with van der Waals surface area (Å²) >= 11 is 0. The molecule has 10 nitrogen and oxygen atoms in total. The van der Waals surface area contributed by atoms with Crippen LogP contribution in [0.2, 0.25) is 0 Å². The summed E-state index contributed by atoms with van der Waals surface area (Å²) in [5.41, 5.74) is 1.05. The number of benzene rings is 2. The molecule has 1 aromatic heterocycles. The second kappa shape index (κ2) is 10.0. The van der Waals surface area contributed by atoms with Gasteiger partial charge in [0.2, 0.25) is 5.89 Å². The number of nitro benzene ring substituents is 1. The van der Waals surface area contributed by atoms with Crippen LogP contribution in [-0.2, 0) is 4.79 Å². The topological polar surface area (TPSA) is 130 Å². The highest BCUT2D eigenvalue weighted by Gasteiger charge is 2.14. The minimum absolute atomic E-state index is 0.0640. The van der Waals surface area contributed by atoms with Crippen LogP contribution in [0, 0.1) is 10.1 Å². The Balaban J connectivity index is 1.69. The lowest BCUT2D eigenvalue weighted by Gasteiger charge is -2.11. The molecule has 3 aromatic rings. The molecule has 0 saturated heterocycles. The molecular weight excluding hydrogens is 404 g/mol. The summed E-state index contributed by atoms with van der Waals surface area (Å²) in [5, 5.41) is 21.0. The number of rotatable bonds is 9. The lowest BCUT2D eigenvalue weighted by molar-refractivity contribution is -0.384. The average molecular weight is 424 g/mol. The van der Waals surface area contributed by atoms with Crippen molar-refractivity contribution in [1.29, 1.82) is 0 Å². The summed E-state index contributed by atoms with van der Waals surface area (Å²) in [7, 11) is 0. The van der Waals surface area contributed by atoms with Crippen LogP contribution in [0.4, 0.5) is 11.7 Å². The zero-order chi connectivity index (χ0) is 22.2. The molecule has 1 heterocycles. The van der Waals surface area contributed by atoms with E-state index in [9.17, 15) is 14.9 Å². The summed E-state index contributed by atoms with van der Waals surface area (Å²) < 4.78 is 16.6. The summed E-state index contributed by atoms with van der Waals surface area (Å²) in [6, 6.07) is 11.0. The van der Waals surface area contributed by atoms with Crippen molar-refractivity contribution >= 4 is 23.7 Å². The van der Waals surface area contributed by atoms with Crippen LogP contribution in [0.15, 0.2) is 53.0 Å². The summed E-state index contributed by atoms with van der Waals surface area (Å²) in [4.78, 5) is 22.4. The van der Waals surface area contributed by atoms with E-state index in [1.807, 2.05) is 13.8 Å². The van der Waals surface area contributed by atoms with Crippen molar-refractivity contribution in [2.24, 2.45) is 0 Å². The first-order valence-corrected chi connectivity index (χ1v) is 9.47. The van der Waals surface area contributed by atoms with Gasteiger partial charge in [-0.2, -0.15) is 0 Å². The van der Waals surface area contributed by atoms with E-state index in [0.29, 0.717) is 35.8 Å². The van der Waals surface area contributed by atoms with Gasteiger partial charge >= 0.3 is 6.01 Å². The van der Waals surface area contributed by atoms with E-state index >= 15 is 0 Å². The lowest BCUT2D eigenvalue weighted by atomic mass is 10.2. The fourth-order valence-electron chi connectivity index (χ4n) is 2.64. The van der Waals surface area contributed by atoms with Crippen LogP contribution < -0.4 is 14.8 Å². The van der Waals surface area contributed by atoms with Crippen molar-refractivity contribution in [3.05, 3.63) is 64.2 Å². The summed E-state index contributed by atoms with van der Waals surface area (Å²) in [6.07, 6.45) is 2.66. The molecule has 0 aliphatic rings. The minimum atomic E-state index is -0.525. The number of carbonyl (C=O) groups is 1. The fourth-order valence-corrected chi connectivity index (χ4v) is 2.64. The maximum Gasteiger partial charge on any atom is 0.322 e. The molecule has 0 unspecified atom stereocenters. The molecular formula is C21H20N4O6. The molecule has 0 spiro atoms. The van der Waals surface area contributed by atoms with Crippen molar-refractivity contribution in [2.45, 2.75) is 13.8 Å². The second-order valence-corrected chi connectivity index (χ2v) is 6.11. The number of ether oxygens (including phenoxy) is 2. The number of anilines is 1. The maximum atomic E-state index is 12.1. The van der Waals surface area contributed by atoms with Gasteiger partial charge in [-0.1, -0.05) is 17.2 Å². The van der Waals surface area contributed by atoms with Gasteiger partial charge in [0.05, 0.1) is 18.1 Å². The molecule has 0 radical (unpaired) electrons. The molecule has 2 aromatic carbocycles. The van der Waals surface area contributed by atoms with Gasteiger partial charge in [-0.25, -0.2) is 0 Å². The SMILES string of the molecule is CCOc1ccc(-c2nnc(NC(=O)C=Cc3cccc([N+](=O)[O-])c3)o2)cc1OCC. The molecule has 1 amide bonds. The standard InChI is InChI=1S/C21H20N4O6/c1-3-29-17-10-9-15(13-18(17)30-4-2)20-23-24-21(31-20)22-19(26)11-8-14-6-5-7-16(12-14)25(27)28/h5-13H,3-4H2,1-2H3,(H,22,24,26). The average Bonchev–Trinajstić information content (AvgIpc) is 3.22. The Morgan fingerprint density at radius 3 is 2.65 bits per heavy atom. The third-order valence-corrected chi connectivity index (χ3v) is 3.95. The third-order valence-electron chi connectivity index (χ3n) is 3.95. The van der Waals surface area contributed by atoms with Gasteiger partial charge in [-0.3, -0.25) is 20.2 Å². The van der Waals surface area contributed by atoms with Crippen molar-refractivity contribution in [1.82, 2.24) is 10.2 Å². The van der Waals surface area contributed by atoms with Crippen LogP contribution in [0.5, 0.6) is 11.5 Å². The smallest absolute Gasteiger partial charge is 0.322 e. The maximum absolute atomic E-state index is 12.1. The Morgan fingerprint density at radius 1 is 1.13 bits per heavy atom. The van der Waals surface area contributed by atoms with Crippen LogP contribution in [0.3, 0.4) is 0 Å². The molecule has 31 heavy (non-hydrogen) atoms. The number of hydrogen-bond donors (Lipinski definition) is 1. The van der Waals surface area contributed by atoms with E-state index in [2.05, 4.69) is 15.5 Å². The molecule has 10 heteroatoms. The zero-order valence-corrected chi connectivity index (χ0v) is 16.9. The Labute approximate surface area is 177 Å². The Morgan fingerprint density at radius 2 is 1.90 bits per heavy atom. The van der Waals surface area contributed by atoms with E-state index in [0.717, 1.165) is 0 Å². The monoisotopic (exact) mass is 424 g/mol. The number of nitrogens with one attached hydrogen (secondary N) is 1. The molecule has 3 rings (SSSR count). The summed E-state index contributed by atoms with van der Waals surface area (Å²) in [6.45, 7) is 4.71. The van der Waals surface area contributed by atoms with E-state index in [1.54, 1.807) is 24.3 Å². The number of non-ortho nitro benzene ring substituents is 1. The van der Waals surface area contributed by atoms with Gasteiger partial charge in [0.15, 0.2) is 11.5 Å². The Kier molecular flexibility index (Phi) is 6.94. The quantitative estimate of drug-likeness (QED) is 0.309.